The second kappa shape index (κ2) is 5.48. The Labute approximate surface area is 99.2 Å². The molecule has 3 heteroatoms. The van der Waals surface area contributed by atoms with Crippen LogP contribution in [0.2, 0.25) is 0 Å². The van der Waals surface area contributed by atoms with Gasteiger partial charge in [0.25, 0.3) is 0 Å². The van der Waals surface area contributed by atoms with E-state index in [-0.39, 0.29) is 0 Å². The third-order valence-electron chi connectivity index (χ3n) is 4.04. The lowest BCUT2D eigenvalue weighted by molar-refractivity contribution is 0.0442. The topological polar surface area (TPSA) is 35.5 Å². The van der Waals surface area contributed by atoms with Crippen molar-refractivity contribution in [3.05, 3.63) is 0 Å². The van der Waals surface area contributed by atoms with Gasteiger partial charge in [-0.05, 0) is 45.7 Å². The highest BCUT2D eigenvalue weighted by atomic mass is 16.3. The standard InChI is InChI=1S/C13H26N2O/c1-12(10-15-8-4-5-9-15)14-11-13(16)6-2-3-7-13/h12,14,16H,2-11H2,1H3. The summed E-state index contributed by atoms with van der Waals surface area (Å²) in [6.45, 7) is 6.67. The van der Waals surface area contributed by atoms with Crippen LogP contribution in [-0.4, -0.2) is 47.8 Å². The Morgan fingerprint density at radius 2 is 1.81 bits per heavy atom. The maximum Gasteiger partial charge on any atom is 0.0771 e. The maximum atomic E-state index is 10.2. The van der Waals surface area contributed by atoms with Gasteiger partial charge in [-0.3, -0.25) is 0 Å². The van der Waals surface area contributed by atoms with Crippen LogP contribution in [0, 0.1) is 0 Å². The van der Waals surface area contributed by atoms with E-state index in [4.69, 9.17) is 0 Å². The summed E-state index contributed by atoms with van der Waals surface area (Å²) in [4.78, 5) is 2.52. The molecule has 0 amide bonds. The predicted octanol–water partition coefficient (Wildman–Crippen LogP) is 1.37. The quantitative estimate of drug-likeness (QED) is 0.743. The normalized spacial score (nSPS) is 27.4. The molecular formula is C13H26N2O. The first kappa shape index (κ1) is 12.3. The smallest absolute Gasteiger partial charge is 0.0771 e. The van der Waals surface area contributed by atoms with E-state index in [1.165, 1.54) is 38.8 Å². The van der Waals surface area contributed by atoms with E-state index in [9.17, 15) is 5.11 Å². The Balaban J connectivity index is 1.64. The van der Waals surface area contributed by atoms with E-state index in [0.717, 1.165) is 25.9 Å². The molecule has 1 unspecified atom stereocenters. The third kappa shape index (κ3) is 3.44. The molecule has 0 aromatic heterocycles. The average Bonchev–Trinajstić information content (AvgIpc) is 2.88. The molecule has 1 saturated carbocycles. The molecule has 0 spiro atoms. The lowest BCUT2D eigenvalue weighted by Gasteiger charge is -2.27. The molecule has 16 heavy (non-hydrogen) atoms. The fourth-order valence-electron chi connectivity index (χ4n) is 2.99. The molecule has 1 aliphatic carbocycles. The van der Waals surface area contributed by atoms with Gasteiger partial charge in [0.1, 0.15) is 0 Å². The van der Waals surface area contributed by atoms with Gasteiger partial charge in [0.05, 0.1) is 5.60 Å². The molecule has 1 saturated heterocycles. The van der Waals surface area contributed by atoms with Gasteiger partial charge in [-0.25, -0.2) is 0 Å². The van der Waals surface area contributed by atoms with Gasteiger partial charge in [-0.2, -0.15) is 0 Å². The number of hydrogen-bond acceptors (Lipinski definition) is 3. The number of aliphatic hydroxyl groups is 1. The van der Waals surface area contributed by atoms with Crippen LogP contribution in [0.1, 0.15) is 45.4 Å². The molecular weight excluding hydrogens is 200 g/mol. The molecule has 2 aliphatic rings. The Morgan fingerprint density at radius 1 is 1.19 bits per heavy atom. The van der Waals surface area contributed by atoms with Crippen LogP contribution in [-0.2, 0) is 0 Å². The number of nitrogens with one attached hydrogen (secondary N) is 1. The van der Waals surface area contributed by atoms with Crippen molar-refractivity contribution in [3.63, 3.8) is 0 Å². The van der Waals surface area contributed by atoms with Gasteiger partial charge in [0.15, 0.2) is 0 Å². The summed E-state index contributed by atoms with van der Waals surface area (Å²) in [7, 11) is 0. The van der Waals surface area contributed by atoms with Gasteiger partial charge in [-0.15, -0.1) is 0 Å². The van der Waals surface area contributed by atoms with Gasteiger partial charge < -0.3 is 15.3 Å². The van der Waals surface area contributed by atoms with E-state index in [1.807, 2.05) is 0 Å². The minimum Gasteiger partial charge on any atom is -0.389 e. The summed E-state index contributed by atoms with van der Waals surface area (Å²) in [6, 6.07) is 0.503. The first-order valence-electron chi connectivity index (χ1n) is 6.86. The number of rotatable bonds is 5. The molecule has 0 bridgehead atoms. The zero-order valence-electron chi connectivity index (χ0n) is 10.5. The lowest BCUT2D eigenvalue weighted by Crippen LogP contribution is -2.45. The summed E-state index contributed by atoms with van der Waals surface area (Å²) in [5.41, 5.74) is -0.404. The molecule has 2 rings (SSSR count). The van der Waals surface area contributed by atoms with Crippen molar-refractivity contribution in [2.24, 2.45) is 0 Å². The van der Waals surface area contributed by atoms with E-state index < -0.39 is 5.60 Å². The minimum atomic E-state index is -0.404. The van der Waals surface area contributed by atoms with Crippen molar-refractivity contribution in [1.29, 1.82) is 0 Å². The maximum absolute atomic E-state index is 10.2. The molecule has 1 heterocycles. The van der Waals surface area contributed by atoms with Crippen LogP contribution in [0.25, 0.3) is 0 Å². The first-order valence-corrected chi connectivity index (χ1v) is 6.86. The SMILES string of the molecule is CC(CN1CCCC1)NCC1(O)CCCC1. The summed E-state index contributed by atoms with van der Waals surface area (Å²) in [5.74, 6) is 0. The van der Waals surface area contributed by atoms with E-state index >= 15 is 0 Å². The molecule has 2 N–H and O–H groups in total. The first-order chi connectivity index (χ1) is 7.68. The molecule has 0 aromatic rings. The monoisotopic (exact) mass is 226 g/mol. The molecule has 94 valence electrons. The second-order valence-corrected chi connectivity index (χ2v) is 5.72. The summed E-state index contributed by atoms with van der Waals surface area (Å²) in [5, 5.41) is 13.7. The van der Waals surface area contributed by atoms with Crippen molar-refractivity contribution >= 4 is 0 Å². The molecule has 2 fully saturated rings. The van der Waals surface area contributed by atoms with E-state index in [2.05, 4.69) is 17.1 Å². The fraction of sp³-hybridized carbons (Fsp3) is 1.00. The van der Waals surface area contributed by atoms with Crippen LogP contribution >= 0.6 is 0 Å². The van der Waals surface area contributed by atoms with Crippen molar-refractivity contribution in [3.8, 4) is 0 Å². The zero-order valence-corrected chi connectivity index (χ0v) is 10.5. The molecule has 1 atom stereocenters. The number of nitrogens with zero attached hydrogens (tertiary/aromatic N) is 1. The van der Waals surface area contributed by atoms with Crippen molar-refractivity contribution in [2.75, 3.05) is 26.2 Å². The average molecular weight is 226 g/mol. The van der Waals surface area contributed by atoms with Crippen molar-refractivity contribution in [2.45, 2.75) is 57.1 Å². The number of likely N-dealkylation sites (tertiary alicyclic amines) is 1. The van der Waals surface area contributed by atoms with Crippen molar-refractivity contribution in [1.82, 2.24) is 10.2 Å². The summed E-state index contributed by atoms with van der Waals surface area (Å²) in [6.07, 6.45) is 7.07. The Hall–Kier alpha value is -0.120. The molecule has 1 aliphatic heterocycles. The molecule has 0 aromatic carbocycles. The number of hydrogen-bond donors (Lipinski definition) is 2. The van der Waals surface area contributed by atoms with Gasteiger partial charge in [-0.1, -0.05) is 12.8 Å². The largest absolute Gasteiger partial charge is 0.389 e. The van der Waals surface area contributed by atoms with Gasteiger partial charge in [0, 0.05) is 19.1 Å². The van der Waals surface area contributed by atoms with E-state index in [1.54, 1.807) is 0 Å². The fourth-order valence-corrected chi connectivity index (χ4v) is 2.99. The Bertz CT molecular complexity index is 208. The highest BCUT2D eigenvalue weighted by molar-refractivity contribution is 4.87. The molecule has 0 radical (unpaired) electrons. The van der Waals surface area contributed by atoms with Crippen molar-refractivity contribution < 1.29 is 5.11 Å². The Kier molecular flexibility index (Phi) is 4.22. The zero-order chi connectivity index (χ0) is 11.4. The lowest BCUT2D eigenvalue weighted by atomic mass is 10.0. The second-order valence-electron chi connectivity index (χ2n) is 5.72. The van der Waals surface area contributed by atoms with E-state index in [0.29, 0.717) is 6.04 Å². The van der Waals surface area contributed by atoms with Crippen LogP contribution in [0.15, 0.2) is 0 Å². The van der Waals surface area contributed by atoms with Crippen LogP contribution in [0.5, 0.6) is 0 Å². The highest BCUT2D eigenvalue weighted by Crippen LogP contribution is 2.28. The summed E-state index contributed by atoms with van der Waals surface area (Å²) >= 11 is 0. The third-order valence-corrected chi connectivity index (χ3v) is 4.04. The predicted molar refractivity (Wildman–Crippen MR) is 66.6 cm³/mol. The van der Waals surface area contributed by atoms with Crippen LogP contribution in [0.3, 0.4) is 0 Å². The van der Waals surface area contributed by atoms with Gasteiger partial charge >= 0.3 is 0 Å². The summed E-state index contributed by atoms with van der Waals surface area (Å²) < 4.78 is 0. The van der Waals surface area contributed by atoms with Crippen LogP contribution in [0.4, 0.5) is 0 Å². The Morgan fingerprint density at radius 3 is 2.44 bits per heavy atom. The highest BCUT2D eigenvalue weighted by Gasteiger charge is 2.31. The molecule has 3 nitrogen and oxygen atoms in total. The minimum absolute atomic E-state index is 0.404. The van der Waals surface area contributed by atoms with Crippen LogP contribution < -0.4 is 5.32 Å². The van der Waals surface area contributed by atoms with Gasteiger partial charge in [0.2, 0.25) is 0 Å².